The molecule has 0 saturated carbocycles. The summed E-state index contributed by atoms with van der Waals surface area (Å²) < 4.78 is 1.95. The van der Waals surface area contributed by atoms with E-state index in [9.17, 15) is 0 Å². The second kappa shape index (κ2) is 7.49. The van der Waals surface area contributed by atoms with Gasteiger partial charge in [-0.2, -0.15) is 0 Å². The zero-order chi connectivity index (χ0) is 16.5. The van der Waals surface area contributed by atoms with Crippen LogP contribution in [-0.2, 0) is 5.88 Å². The molecule has 2 aromatic heterocycles. The molecule has 2 nitrogen and oxygen atoms in total. The molecule has 25 heavy (non-hydrogen) atoms. The van der Waals surface area contributed by atoms with E-state index in [1.54, 1.807) is 0 Å². The molecular formula is C20H15Cl3N2. The third-order valence-corrected chi connectivity index (χ3v) is 4.55. The van der Waals surface area contributed by atoms with Crippen LogP contribution in [-0.4, -0.2) is 9.38 Å². The zero-order valence-electron chi connectivity index (χ0n) is 13.2. The van der Waals surface area contributed by atoms with Crippen LogP contribution in [0.4, 0.5) is 0 Å². The van der Waals surface area contributed by atoms with Crippen molar-refractivity contribution in [2.24, 2.45) is 0 Å². The van der Waals surface area contributed by atoms with Gasteiger partial charge in [-0.05, 0) is 23.3 Å². The second-order valence-electron chi connectivity index (χ2n) is 5.56. The van der Waals surface area contributed by atoms with Crippen molar-refractivity contribution < 1.29 is 0 Å². The van der Waals surface area contributed by atoms with E-state index in [1.807, 2.05) is 40.9 Å². The fourth-order valence-corrected chi connectivity index (χ4v) is 3.29. The SMILES string of the molecule is Cl.ClCc1c(-c2ccc(-c3ccccc3)cc2)nc2ccc(Cl)cn12. The predicted octanol–water partition coefficient (Wildman–Crippen LogP) is 6.48. The fraction of sp³-hybridized carbons (Fsp3) is 0.0500. The number of aromatic nitrogens is 2. The molecule has 0 aliphatic rings. The first-order chi connectivity index (χ1) is 11.8. The summed E-state index contributed by atoms with van der Waals surface area (Å²) in [6.45, 7) is 0. The first-order valence-corrected chi connectivity index (χ1v) is 8.56. The highest BCUT2D eigenvalue weighted by Crippen LogP contribution is 2.29. The van der Waals surface area contributed by atoms with Gasteiger partial charge in [-0.1, -0.05) is 66.2 Å². The maximum Gasteiger partial charge on any atom is 0.137 e. The van der Waals surface area contributed by atoms with Crippen LogP contribution in [0.25, 0.3) is 28.0 Å². The van der Waals surface area contributed by atoms with Gasteiger partial charge in [0.1, 0.15) is 5.65 Å². The quantitative estimate of drug-likeness (QED) is 0.366. The third kappa shape index (κ3) is 3.38. The van der Waals surface area contributed by atoms with Gasteiger partial charge in [0.2, 0.25) is 0 Å². The van der Waals surface area contributed by atoms with E-state index in [2.05, 4.69) is 36.4 Å². The average Bonchev–Trinajstić information content (AvgIpc) is 3.00. The molecule has 2 heterocycles. The number of fused-ring (bicyclic) bond motifs is 1. The van der Waals surface area contributed by atoms with Crippen LogP contribution in [0.15, 0.2) is 72.9 Å². The molecule has 0 N–H and O–H groups in total. The number of hydrogen-bond donors (Lipinski definition) is 0. The molecular weight excluding hydrogens is 375 g/mol. The number of pyridine rings is 1. The molecule has 0 atom stereocenters. The Hall–Kier alpha value is -2.00. The lowest BCUT2D eigenvalue weighted by molar-refractivity contribution is 1.09. The molecule has 0 radical (unpaired) electrons. The van der Waals surface area contributed by atoms with Gasteiger partial charge in [0.25, 0.3) is 0 Å². The minimum absolute atomic E-state index is 0. The highest BCUT2D eigenvalue weighted by Gasteiger charge is 2.13. The van der Waals surface area contributed by atoms with Crippen LogP contribution in [0.1, 0.15) is 5.69 Å². The Balaban J connectivity index is 0.00000182. The molecule has 4 rings (SSSR count). The van der Waals surface area contributed by atoms with Gasteiger partial charge in [0.05, 0.1) is 22.3 Å². The predicted molar refractivity (Wildman–Crippen MR) is 108 cm³/mol. The molecule has 0 bridgehead atoms. The van der Waals surface area contributed by atoms with Crippen LogP contribution in [0.2, 0.25) is 5.02 Å². The highest BCUT2D eigenvalue weighted by molar-refractivity contribution is 6.30. The standard InChI is InChI=1S/C20H14Cl2N2.ClH/c21-12-18-20(23-19-11-10-17(22)13-24(18)19)16-8-6-15(7-9-16)14-4-2-1-3-5-14;/h1-11,13H,12H2;1H. The summed E-state index contributed by atoms with van der Waals surface area (Å²) in [6, 6.07) is 22.4. The largest absolute Gasteiger partial charge is 0.301 e. The highest BCUT2D eigenvalue weighted by atomic mass is 35.5. The van der Waals surface area contributed by atoms with Crippen molar-refractivity contribution in [3.8, 4) is 22.4 Å². The molecule has 0 spiro atoms. The minimum atomic E-state index is 0. The van der Waals surface area contributed by atoms with Crippen molar-refractivity contribution in [2.75, 3.05) is 0 Å². The van der Waals surface area contributed by atoms with Gasteiger partial charge in [-0.3, -0.25) is 0 Å². The number of halogens is 3. The monoisotopic (exact) mass is 388 g/mol. The van der Waals surface area contributed by atoms with E-state index >= 15 is 0 Å². The van der Waals surface area contributed by atoms with Crippen molar-refractivity contribution in [3.05, 3.63) is 83.6 Å². The molecule has 0 aliphatic heterocycles. The Morgan fingerprint density at radius 2 is 1.44 bits per heavy atom. The second-order valence-corrected chi connectivity index (χ2v) is 6.26. The van der Waals surface area contributed by atoms with Crippen molar-refractivity contribution in [1.29, 1.82) is 0 Å². The summed E-state index contributed by atoms with van der Waals surface area (Å²) in [5.74, 6) is 0.372. The maximum atomic E-state index is 6.18. The van der Waals surface area contributed by atoms with Crippen LogP contribution in [0, 0.1) is 0 Å². The number of nitrogens with zero attached hydrogens (tertiary/aromatic N) is 2. The number of imidazole rings is 1. The lowest BCUT2D eigenvalue weighted by Gasteiger charge is -2.05. The Morgan fingerprint density at radius 1 is 0.800 bits per heavy atom. The number of hydrogen-bond acceptors (Lipinski definition) is 1. The van der Waals surface area contributed by atoms with E-state index in [1.165, 1.54) is 11.1 Å². The topological polar surface area (TPSA) is 17.3 Å². The van der Waals surface area contributed by atoms with E-state index < -0.39 is 0 Å². The summed E-state index contributed by atoms with van der Waals surface area (Å²) in [6.07, 6.45) is 1.85. The molecule has 126 valence electrons. The smallest absolute Gasteiger partial charge is 0.137 e. The van der Waals surface area contributed by atoms with Crippen LogP contribution in [0.5, 0.6) is 0 Å². The molecule has 0 saturated heterocycles. The molecule has 0 amide bonds. The Kier molecular flexibility index (Phi) is 5.33. The first kappa shape index (κ1) is 17.8. The Labute approximate surface area is 162 Å². The fourth-order valence-electron chi connectivity index (χ4n) is 2.88. The van der Waals surface area contributed by atoms with E-state index in [0.29, 0.717) is 10.9 Å². The zero-order valence-corrected chi connectivity index (χ0v) is 15.5. The van der Waals surface area contributed by atoms with E-state index in [-0.39, 0.29) is 12.4 Å². The summed E-state index contributed by atoms with van der Waals surface area (Å²) in [5, 5.41) is 0.664. The van der Waals surface area contributed by atoms with Crippen molar-refractivity contribution in [2.45, 2.75) is 5.88 Å². The lowest BCUT2D eigenvalue weighted by atomic mass is 10.0. The van der Waals surface area contributed by atoms with E-state index in [0.717, 1.165) is 22.6 Å². The summed E-state index contributed by atoms with van der Waals surface area (Å²) in [5.41, 5.74) is 6.11. The summed E-state index contributed by atoms with van der Waals surface area (Å²) in [7, 11) is 0. The van der Waals surface area contributed by atoms with Crippen molar-refractivity contribution in [1.82, 2.24) is 9.38 Å². The van der Waals surface area contributed by atoms with E-state index in [4.69, 9.17) is 28.2 Å². The van der Waals surface area contributed by atoms with Crippen molar-refractivity contribution >= 4 is 41.3 Å². The van der Waals surface area contributed by atoms with Crippen molar-refractivity contribution in [3.63, 3.8) is 0 Å². The van der Waals surface area contributed by atoms with Gasteiger partial charge in [0.15, 0.2) is 0 Å². The van der Waals surface area contributed by atoms with Gasteiger partial charge >= 0.3 is 0 Å². The lowest BCUT2D eigenvalue weighted by Crippen LogP contribution is -1.91. The Bertz CT molecular complexity index is 993. The van der Waals surface area contributed by atoms with Gasteiger partial charge in [-0.25, -0.2) is 4.98 Å². The van der Waals surface area contributed by atoms with Gasteiger partial charge in [-0.15, -0.1) is 24.0 Å². The summed E-state index contributed by atoms with van der Waals surface area (Å²) in [4.78, 5) is 4.72. The molecule has 0 unspecified atom stereocenters. The van der Waals surface area contributed by atoms with Gasteiger partial charge < -0.3 is 4.40 Å². The number of benzene rings is 2. The molecule has 0 fully saturated rings. The molecule has 4 aromatic rings. The van der Waals surface area contributed by atoms with Crippen LogP contribution >= 0.6 is 35.6 Å². The average molecular weight is 390 g/mol. The normalized spacial score (nSPS) is 10.6. The third-order valence-electron chi connectivity index (χ3n) is 4.07. The number of rotatable bonds is 3. The number of alkyl halides is 1. The van der Waals surface area contributed by atoms with Crippen LogP contribution in [0.3, 0.4) is 0 Å². The Morgan fingerprint density at radius 3 is 2.12 bits per heavy atom. The first-order valence-electron chi connectivity index (χ1n) is 7.64. The summed E-state index contributed by atoms with van der Waals surface area (Å²) >= 11 is 12.3. The van der Waals surface area contributed by atoms with Crippen LogP contribution < -0.4 is 0 Å². The minimum Gasteiger partial charge on any atom is -0.301 e. The molecule has 5 heteroatoms. The molecule has 0 aliphatic carbocycles. The molecule has 2 aromatic carbocycles. The maximum absolute atomic E-state index is 6.18. The van der Waals surface area contributed by atoms with Gasteiger partial charge in [0, 0.05) is 11.8 Å².